The van der Waals surface area contributed by atoms with Crippen LogP contribution in [0.4, 0.5) is 4.79 Å². The maximum absolute atomic E-state index is 12.0. The Bertz CT molecular complexity index is 729. The van der Waals surface area contributed by atoms with Gasteiger partial charge < -0.3 is 24.4 Å². The third-order valence-electron chi connectivity index (χ3n) is 3.07. The number of aldehydes is 1. The van der Waals surface area contributed by atoms with Crippen LogP contribution in [0.2, 0.25) is 0 Å². The average Bonchev–Trinajstić information content (AvgIpc) is 2.60. The van der Waals surface area contributed by atoms with E-state index in [-0.39, 0.29) is 49.7 Å². The van der Waals surface area contributed by atoms with Crippen molar-refractivity contribution in [1.82, 2.24) is 5.32 Å². The van der Waals surface area contributed by atoms with Crippen LogP contribution in [0.15, 0.2) is 18.2 Å². The second kappa shape index (κ2) is 11.5. The number of carbonyl (C=O) groups excluding carboxylic acids is 3. The van der Waals surface area contributed by atoms with E-state index in [9.17, 15) is 24.5 Å². The summed E-state index contributed by atoms with van der Waals surface area (Å²) in [6.45, 7) is 5.06. The molecule has 11 nitrogen and oxygen atoms in total. The Morgan fingerprint density at radius 2 is 1.93 bits per heavy atom. The van der Waals surface area contributed by atoms with Crippen molar-refractivity contribution in [2.75, 3.05) is 19.8 Å². The van der Waals surface area contributed by atoms with Gasteiger partial charge in [-0.15, -0.1) is 10.1 Å². The number of hydrogen-bond acceptors (Lipinski definition) is 9. The first-order chi connectivity index (χ1) is 13.6. The summed E-state index contributed by atoms with van der Waals surface area (Å²) in [6.07, 6.45) is 0.00891. The lowest BCUT2D eigenvalue weighted by Crippen LogP contribution is -2.34. The third kappa shape index (κ3) is 10.5. The highest BCUT2D eigenvalue weighted by Gasteiger charge is 2.17. The lowest BCUT2D eigenvalue weighted by Gasteiger charge is -2.19. The van der Waals surface area contributed by atoms with Crippen molar-refractivity contribution in [2.45, 2.75) is 39.2 Å². The highest BCUT2D eigenvalue weighted by molar-refractivity contribution is 5.79. The molecule has 1 N–H and O–H groups in total. The number of carbonyl (C=O) groups is 3. The van der Waals surface area contributed by atoms with Gasteiger partial charge in [0.1, 0.15) is 11.9 Å². The number of alkyl carbamates (subject to hydrolysis) is 1. The van der Waals surface area contributed by atoms with Gasteiger partial charge in [-0.25, -0.2) is 4.79 Å². The zero-order valence-corrected chi connectivity index (χ0v) is 16.5. The molecule has 0 aliphatic carbocycles. The van der Waals surface area contributed by atoms with Crippen molar-refractivity contribution in [1.29, 1.82) is 0 Å². The Hall–Kier alpha value is -3.37. The Kier molecular flexibility index (Phi) is 9.36. The van der Waals surface area contributed by atoms with Crippen molar-refractivity contribution in [3.63, 3.8) is 0 Å². The Morgan fingerprint density at radius 3 is 2.55 bits per heavy atom. The Morgan fingerprint density at radius 1 is 1.21 bits per heavy atom. The van der Waals surface area contributed by atoms with Crippen molar-refractivity contribution in [3.8, 4) is 11.5 Å². The van der Waals surface area contributed by atoms with E-state index in [0.29, 0.717) is 6.29 Å². The number of hydrogen-bond donors (Lipinski definition) is 1. The van der Waals surface area contributed by atoms with Gasteiger partial charge >= 0.3 is 12.1 Å². The maximum atomic E-state index is 12.0. The molecule has 1 amide bonds. The molecule has 1 aromatic rings. The fraction of sp³-hybridized carbons (Fsp3) is 0.500. The number of rotatable bonds is 11. The summed E-state index contributed by atoms with van der Waals surface area (Å²) < 4.78 is 15.7. The van der Waals surface area contributed by atoms with Crippen LogP contribution in [0.3, 0.4) is 0 Å². The molecule has 0 saturated carbocycles. The van der Waals surface area contributed by atoms with Gasteiger partial charge in [-0.3, -0.25) is 9.59 Å². The van der Waals surface area contributed by atoms with Crippen LogP contribution in [0.5, 0.6) is 11.5 Å². The normalized spacial score (nSPS) is 10.6. The van der Waals surface area contributed by atoms with Crippen LogP contribution in [-0.2, 0) is 14.4 Å². The zero-order valence-electron chi connectivity index (χ0n) is 16.5. The molecule has 0 fully saturated rings. The molecule has 0 aliphatic heterocycles. The lowest BCUT2D eigenvalue weighted by atomic mass is 10.2. The number of esters is 1. The Balaban J connectivity index is 2.56. The minimum absolute atomic E-state index is 0.00443. The summed E-state index contributed by atoms with van der Waals surface area (Å²) in [4.78, 5) is 48.8. The summed E-state index contributed by atoms with van der Waals surface area (Å²) in [5, 5.41) is 11.6. The van der Waals surface area contributed by atoms with Crippen LogP contribution >= 0.6 is 0 Å². The van der Waals surface area contributed by atoms with Crippen LogP contribution in [0.1, 0.15) is 44.0 Å². The van der Waals surface area contributed by atoms with Crippen LogP contribution in [-0.4, -0.2) is 48.8 Å². The minimum atomic E-state index is -0.905. The van der Waals surface area contributed by atoms with Crippen molar-refractivity contribution in [2.24, 2.45) is 0 Å². The first-order valence-electron chi connectivity index (χ1n) is 8.77. The molecule has 0 saturated heterocycles. The maximum Gasteiger partial charge on any atom is 0.407 e. The molecule has 0 unspecified atom stereocenters. The number of amides is 1. The highest BCUT2D eigenvalue weighted by Crippen LogP contribution is 2.28. The average molecular weight is 412 g/mol. The van der Waals surface area contributed by atoms with Crippen molar-refractivity contribution in [3.05, 3.63) is 33.9 Å². The zero-order chi connectivity index (χ0) is 21.9. The van der Waals surface area contributed by atoms with Gasteiger partial charge in [-0.05, 0) is 39.0 Å². The highest BCUT2D eigenvalue weighted by atomic mass is 16.9. The number of nitrogens with zero attached hydrogens (tertiary/aromatic N) is 1. The predicted octanol–water partition coefficient (Wildman–Crippen LogP) is 2.30. The molecule has 1 rings (SSSR count). The summed E-state index contributed by atoms with van der Waals surface area (Å²) in [6, 6.07) is 4.24. The largest absolute Gasteiger partial charge is 0.490 e. The monoisotopic (exact) mass is 412 g/mol. The SMILES string of the molecule is CC(C)(C)OC(=O)NCCC(=O)Oc1cc(C=O)ccc1OCCCO[N+](=O)[O-]. The summed E-state index contributed by atoms with van der Waals surface area (Å²) in [5.41, 5.74) is -0.389. The molecule has 29 heavy (non-hydrogen) atoms. The third-order valence-corrected chi connectivity index (χ3v) is 3.07. The second-order valence-corrected chi connectivity index (χ2v) is 6.74. The minimum Gasteiger partial charge on any atom is -0.490 e. The summed E-state index contributed by atoms with van der Waals surface area (Å²) >= 11 is 0. The van der Waals surface area contributed by atoms with Gasteiger partial charge in [0.25, 0.3) is 5.09 Å². The predicted molar refractivity (Wildman–Crippen MR) is 99.4 cm³/mol. The number of nitrogens with one attached hydrogen (secondary N) is 1. The second-order valence-electron chi connectivity index (χ2n) is 6.74. The lowest BCUT2D eigenvalue weighted by molar-refractivity contribution is -0.757. The van der Waals surface area contributed by atoms with Gasteiger partial charge in [0.05, 0.1) is 19.6 Å². The van der Waals surface area contributed by atoms with Crippen LogP contribution in [0, 0.1) is 10.1 Å². The van der Waals surface area contributed by atoms with E-state index < -0.39 is 22.8 Å². The van der Waals surface area contributed by atoms with E-state index in [1.165, 1.54) is 18.2 Å². The number of ether oxygens (including phenoxy) is 3. The molecule has 0 heterocycles. The van der Waals surface area contributed by atoms with E-state index in [1.807, 2.05) is 0 Å². The molecule has 0 bridgehead atoms. The summed E-state index contributed by atoms with van der Waals surface area (Å²) in [7, 11) is 0. The van der Waals surface area contributed by atoms with E-state index in [2.05, 4.69) is 10.2 Å². The molecule has 0 aliphatic rings. The number of benzene rings is 1. The fourth-order valence-corrected chi connectivity index (χ4v) is 1.93. The Labute approximate surface area is 167 Å². The van der Waals surface area contributed by atoms with Gasteiger partial charge in [-0.2, -0.15) is 0 Å². The van der Waals surface area contributed by atoms with Gasteiger partial charge in [0.2, 0.25) is 0 Å². The molecular formula is C18H24N2O9. The first-order valence-corrected chi connectivity index (χ1v) is 8.77. The van der Waals surface area contributed by atoms with E-state index in [1.54, 1.807) is 20.8 Å². The molecule has 1 aromatic carbocycles. The fourth-order valence-electron chi connectivity index (χ4n) is 1.93. The molecule has 0 atom stereocenters. The van der Waals surface area contributed by atoms with Crippen LogP contribution in [0.25, 0.3) is 0 Å². The first kappa shape index (κ1) is 23.7. The van der Waals surface area contributed by atoms with E-state index in [0.717, 1.165) is 0 Å². The van der Waals surface area contributed by atoms with E-state index in [4.69, 9.17) is 14.2 Å². The van der Waals surface area contributed by atoms with Gasteiger partial charge in [0.15, 0.2) is 11.5 Å². The van der Waals surface area contributed by atoms with Crippen LogP contribution < -0.4 is 14.8 Å². The van der Waals surface area contributed by atoms with E-state index >= 15 is 0 Å². The molecular weight excluding hydrogens is 388 g/mol. The smallest absolute Gasteiger partial charge is 0.407 e. The molecule has 0 spiro atoms. The summed E-state index contributed by atoms with van der Waals surface area (Å²) in [5.74, 6) is -0.456. The standard InChI is InChI=1S/C18H24N2O9/c1-18(2,3)29-17(23)19-8-7-16(22)28-15-11-13(12-21)5-6-14(15)26-9-4-10-27-20(24)25/h5-6,11-12H,4,7-10H2,1-3H3,(H,19,23). The van der Waals surface area contributed by atoms with Gasteiger partial charge in [-0.1, -0.05) is 0 Å². The van der Waals surface area contributed by atoms with Crippen molar-refractivity contribution >= 4 is 18.3 Å². The molecule has 0 aromatic heterocycles. The van der Waals surface area contributed by atoms with Gasteiger partial charge in [0, 0.05) is 18.5 Å². The molecule has 0 radical (unpaired) electrons. The van der Waals surface area contributed by atoms with Crippen molar-refractivity contribution < 1.29 is 38.5 Å². The molecule has 160 valence electrons. The quantitative estimate of drug-likeness (QED) is 0.144. The topological polar surface area (TPSA) is 143 Å². The molecule has 11 heteroatoms.